The lowest BCUT2D eigenvalue weighted by Crippen LogP contribution is -2.29. The summed E-state index contributed by atoms with van der Waals surface area (Å²) >= 11 is 1.69. The molecule has 3 aromatic rings. The molecule has 1 aliphatic heterocycles. The summed E-state index contributed by atoms with van der Waals surface area (Å²) in [5.41, 5.74) is 3.54. The molecule has 0 saturated carbocycles. The van der Waals surface area contributed by atoms with Gasteiger partial charge in [0.05, 0.1) is 22.3 Å². The number of nitrogens with one attached hydrogen (secondary N) is 1. The van der Waals surface area contributed by atoms with E-state index in [0.29, 0.717) is 12.2 Å². The van der Waals surface area contributed by atoms with Gasteiger partial charge < -0.3 is 4.90 Å². The van der Waals surface area contributed by atoms with Crippen molar-refractivity contribution in [1.29, 1.82) is 0 Å². The van der Waals surface area contributed by atoms with Crippen molar-refractivity contribution in [2.45, 2.75) is 33.2 Å². The number of carbonyl (C=O) groups excluding carboxylic acids is 1. The zero-order chi connectivity index (χ0) is 17.6. The number of hydrogen-bond donors (Lipinski definition) is 1. The van der Waals surface area contributed by atoms with E-state index < -0.39 is 0 Å². The van der Waals surface area contributed by atoms with Gasteiger partial charge in [-0.3, -0.25) is 14.6 Å². The van der Waals surface area contributed by atoms with E-state index in [0.717, 1.165) is 34.9 Å². The van der Waals surface area contributed by atoms with Gasteiger partial charge in [0, 0.05) is 23.7 Å². The number of nitrogens with zero attached hydrogens (tertiary/aromatic N) is 4. The van der Waals surface area contributed by atoms with Crippen molar-refractivity contribution < 1.29 is 4.79 Å². The highest BCUT2D eigenvalue weighted by Gasteiger charge is 2.30. The average Bonchev–Trinajstić information content (AvgIpc) is 3.32. The van der Waals surface area contributed by atoms with Crippen LogP contribution < -0.4 is 0 Å². The maximum Gasteiger partial charge on any atom is 0.274 e. The van der Waals surface area contributed by atoms with Crippen LogP contribution >= 0.6 is 11.3 Å². The third-order valence-corrected chi connectivity index (χ3v) is 5.68. The van der Waals surface area contributed by atoms with Gasteiger partial charge in [0.2, 0.25) is 0 Å². The van der Waals surface area contributed by atoms with Gasteiger partial charge in [-0.15, -0.1) is 11.3 Å². The van der Waals surface area contributed by atoms with E-state index in [1.54, 1.807) is 11.3 Å². The molecule has 1 fully saturated rings. The first kappa shape index (κ1) is 16.1. The molecule has 1 N–H and O–H groups in total. The fourth-order valence-electron chi connectivity index (χ4n) is 3.44. The van der Waals surface area contributed by atoms with Gasteiger partial charge in [-0.2, -0.15) is 10.2 Å². The van der Waals surface area contributed by atoms with Crippen molar-refractivity contribution in [2.24, 2.45) is 0 Å². The van der Waals surface area contributed by atoms with Crippen LogP contribution in [-0.2, 0) is 0 Å². The summed E-state index contributed by atoms with van der Waals surface area (Å²) in [5, 5.41) is 11.8. The lowest BCUT2D eigenvalue weighted by atomic mass is 10.2. The summed E-state index contributed by atoms with van der Waals surface area (Å²) in [6, 6.07) is 8.30. The molecule has 0 bridgehead atoms. The smallest absolute Gasteiger partial charge is 0.274 e. The molecule has 0 unspecified atom stereocenters. The fraction of sp³-hybridized carbons (Fsp3) is 0.389. The summed E-state index contributed by atoms with van der Waals surface area (Å²) in [6.45, 7) is 7.55. The van der Waals surface area contributed by atoms with Gasteiger partial charge in [-0.05, 0) is 51.5 Å². The van der Waals surface area contributed by atoms with Crippen LogP contribution in [0.3, 0.4) is 0 Å². The van der Waals surface area contributed by atoms with Crippen LogP contribution in [0.15, 0.2) is 24.3 Å². The number of aromatic amines is 1. The van der Waals surface area contributed by atoms with E-state index in [4.69, 9.17) is 0 Å². The van der Waals surface area contributed by atoms with E-state index in [1.165, 1.54) is 4.88 Å². The van der Waals surface area contributed by atoms with Crippen molar-refractivity contribution >= 4 is 17.2 Å². The van der Waals surface area contributed by atoms with Crippen LogP contribution in [0, 0.1) is 20.8 Å². The summed E-state index contributed by atoms with van der Waals surface area (Å²) in [5.74, 6) is -0.0141. The zero-order valence-corrected chi connectivity index (χ0v) is 15.4. The molecule has 130 valence electrons. The molecule has 0 aromatic carbocycles. The van der Waals surface area contributed by atoms with Crippen LogP contribution in [-0.4, -0.2) is 43.9 Å². The lowest BCUT2D eigenvalue weighted by molar-refractivity contribution is 0.0781. The predicted molar refractivity (Wildman–Crippen MR) is 97.9 cm³/mol. The summed E-state index contributed by atoms with van der Waals surface area (Å²) in [7, 11) is 0. The summed E-state index contributed by atoms with van der Waals surface area (Å²) in [6.07, 6.45) is 0.926. The molecule has 1 aliphatic rings. The Morgan fingerprint density at radius 3 is 2.80 bits per heavy atom. The first-order chi connectivity index (χ1) is 12.0. The molecule has 4 rings (SSSR count). The Morgan fingerprint density at radius 1 is 1.28 bits per heavy atom. The third-order valence-electron chi connectivity index (χ3n) is 4.64. The molecular weight excluding hydrogens is 334 g/mol. The highest BCUT2D eigenvalue weighted by Crippen LogP contribution is 2.28. The highest BCUT2D eigenvalue weighted by molar-refractivity contribution is 7.15. The summed E-state index contributed by atoms with van der Waals surface area (Å²) < 4.78 is 2.05. The van der Waals surface area contributed by atoms with Gasteiger partial charge in [0.1, 0.15) is 0 Å². The molecule has 0 spiro atoms. The van der Waals surface area contributed by atoms with Crippen LogP contribution in [0.4, 0.5) is 0 Å². The SMILES string of the molecule is Cc1cc(C)n([C@H]2CCN(C(=O)c3cc(-c4ccc(C)s4)[nH]n3)C2)n1. The van der Waals surface area contributed by atoms with Crippen molar-refractivity contribution in [3.8, 4) is 10.6 Å². The second-order valence-electron chi connectivity index (χ2n) is 6.64. The van der Waals surface area contributed by atoms with Gasteiger partial charge in [-0.1, -0.05) is 0 Å². The van der Waals surface area contributed by atoms with E-state index in [9.17, 15) is 4.79 Å². The topological polar surface area (TPSA) is 66.8 Å². The molecular formula is C18H21N5OS. The number of thiophene rings is 1. The molecule has 7 heteroatoms. The molecule has 1 atom stereocenters. The Labute approximate surface area is 150 Å². The first-order valence-electron chi connectivity index (χ1n) is 8.45. The van der Waals surface area contributed by atoms with Gasteiger partial charge >= 0.3 is 0 Å². The van der Waals surface area contributed by atoms with E-state index in [1.807, 2.05) is 22.6 Å². The predicted octanol–water partition coefficient (Wildman–Crippen LogP) is 3.35. The molecule has 0 radical (unpaired) electrons. The number of aromatic nitrogens is 4. The van der Waals surface area contributed by atoms with E-state index in [2.05, 4.69) is 47.3 Å². The normalized spacial score (nSPS) is 17.4. The Morgan fingerprint density at radius 2 is 2.12 bits per heavy atom. The molecule has 3 aromatic heterocycles. The number of aryl methyl sites for hydroxylation is 3. The Hall–Kier alpha value is -2.41. The maximum absolute atomic E-state index is 12.8. The van der Waals surface area contributed by atoms with Gasteiger partial charge in [0.15, 0.2) is 5.69 Å². The first-order valence-corrected chi connectivity index (χ1v) is 9.27. The second kappa shape index (κ2) is 6.15. The molecule has 1 saturated heterocycles. The Balaban J connectivity index is 1.49. The van der Waals surface area contributed by atoms with Crippen molar-refractivity contribution in [3.05, 3.63) is 46.2 Å². The van der Waals surface area contributed by atoms with Crippen LogP contribution in [0.1, 0.15) is 39.2 Å². The zero-order valence-electron chi connectivity index (χ0n) is 14.6. The highest BCUT2D eigenvalue weighted by atomic mass is 32.1. The number of carbonyl (C=O) groups is 1. The van der Waals surface area contributed by atoms with Crippen molar-refractivity contribution in [1.82, 2.24) is 24.9 Å². The largest absolute Gasteiger partial charge is 0.335 e. The average molecular weight is 355 g/mol. The molecule has 6 nitrogen and oxygen atoms in total. The number of likely N-dealkylation sites (tertiary alicyclic amines) is 1. The molecule has 0 aliphatic carbocycles. The number of amides is 1. The second-order valence-corrected chi connectivity index (χ2v) is 7.93. The molecule has 4 heterocycles. The van der Waals surface area contributed by atoms with Crippen LogP contribution in [0.5, 0.6) is 0 Å². The van der Waals surface area contributed by atoms with Gasteiger partial charge in [-0.25, -0.2) is 0 Å². The van der Waals surface area contributed by atoms with Crippen molar-refractivity contribution in [3.63, 3.8) is 0 Å². The minimum atomic E-state index is -0.0141. The summed E-state index contributed by atoms with van der Waals surface area (Å²) in [4.78, 5) is 17.0. The number of H-pyrrole nitrogens is 1. The minimum absolute atomic E-state index is 0.0141. The lowest BCUT2D eigenvalue weighted by Gasteiger charge is -2.16. The van der Waals surface area contributed by atoms with E-state index in [-0.39, 0.29) is 11.9 Å². The van der Waals surface area contributed by atoms with Crippen LogP contribution in [0.25, 0.3) is 10.6 Å². The maximum atomic E-state index is 12.8. The number of hydrogen-bond acceptors (Lipinski definition) is 4. The monoisotopic (exact) mass is 355 g/mol. The van der Waals surface area contributed by atoms with Crippen molar-refractivity contribution in [2.75, 3.05) is 13.1 Å². The quantitative estimate of drug-likeness (QED) is 0.783. The standard InChI is InChI=1S/C18H21N5OS/c1-11-8-12(2)23(21-11)14-6-7-22(10-14)18(24)16-9-15(19-20-16)17-5-4-13(3)25-17/h4-5,8-9,14H,6-7,10H2,1-3H3,(H,19,20)/t14-/m0/s1. The minimum Gasteiger partial charge on any atom is -0.335 e. The Bertz CT molecular complexity index is 922. The number of rotatable bonds is 3. The molecule has 25 heavy (non-hydrogen) atoms. The van der Waals surface area contributed by atoms with Crippen LogP contribution in [0.2, 0.25) is 0 Å². The fourth-order valence-corrected chi connectivity index (χ4v) is 4.27. The van der Waals surface area contributed by atoms with E-state index >= 15 is 0 Å². The Kier molecular flexibility index (Phi) is 3.95. The third kappa shape index (κ3) is 3.00. The molecule has 1 amide bonds. The van der Waals surface area contributed by atoms with Gasteiger partial charge in [0.25, 0.3) is 5.91 Å².